The van der Waals surface area contributed by atoms with Gasteiger partial charge in [0.25, 0.3) is 5.56 Å². The summed E-state index contributed by atoms with van der Waals surface area (Å²) in [5.41, 5.74) is 3.71. The summed E-state index contributed by atoms with van der Waals surface area (Å²) in [6.45, 7) is 3.30. The molecular weight excluding hydrogens is 420 g/mol. The summed E-state index contributed by atoms with van der Waals surface area (Å²) >= 11 is 0. The minimum atomic E-state index is -0.352. The van der Waals surface area contributed by atoms with Crippen molar-refractivity contribution in [3.8, 4) is 0 Å². The van der Waals surface area contributed by atoms with Crippen molar-refractivity contribution in [1.29, 1.82) is 5.41 Å². The molecule has 0 aliphatic rings. The molecule has 4 N–H and O–H groups in total. The van der Waals surface area contributed by atoms with E-state index in [-0.39, 0.29) is 18.0 Å². The van der Waals surface area contributed by atoms with Crippen molar-refractivity contribution in [3.05, 3.63) is 76.0 Å². The van der Waals surface area contributed by atoms with Gasteiger partial charge in [0, 0.05) is 36.4 Å². The first-order chi connectivity index (χ1) is 15.9. The molecule has 9 heteroatoms. The van der Waals surface area contributed by atoms with E-state index in [4.69, 9.17) is 9.93 Å². The lowest BCUT2D eigenvalue weighted by molar-refractivity contribution is -0.116. The van der Waals surface area contributed by atoms with E-state index >= 15 is 0 Å². The lowest BCUT2D eigenvalue weighted by Gasteiger charge is -2.13. The summed E-state index contributed by atoms with van der Waals surface area (Å²) in [7, 11) is 1.80. The molecule has 0 radical (unpaired) electrons. The van der Waals surface area contributed by atoms with Gasteiger partial charge in [-0.1, -0.05) is 17.3 Å². The van der Waals surface area contributed by atoms with E-state index in [0.29, 0.717) is 28.2 Å². The zero-order chi connectivity index (χ0) is 23.5. The number of rotatable bonds is 7. The van der Waals surface area contributed by atoms with Gasteiger partial charge in [-0.25, -0.2) is 0 Å². The smallest absolute Gasteiger partial charge is 0.261 e. The maximum Gasteiger partial charge on any atom is 0.261 e. The van der Waals surface area contributed by atoms with E-state index < -0.39 is 0 Å². The second kappa shape index (κ2) is 8.99. The summed E-state index contributed by atoms with van der Waals surface area (Å²) in [5.74, 6) is 0.154. The van der Waals surface area contributed by atoms with Gasteiger partial charge in [0.1, 0.15) is 17.9 Å². The van der Waals surface area contributed by atoms with E-state index in [0.717, 1.165) is 22.3 Å². The number of fused-ring (bicyclic) bond motifs is 1. The monoisotopic (exact) mass is 444 g/mol. The Bertz CT molecular complexity index is 1400. The molecule has 0 aliphatic heterocycles. The number of carbonyl (C=O) groups is 1. The molecule has 1 amide bonds. The van der Waals surface area contributed by atoms with E-state index in [1.807, 2.05) is 36.4 Å². The summed E-state index contributed by atoms with van der Waals surface area (Å²) in [6, 6.07) is 12.9. The molecule has 0 fully saturated rings. The van der Waals surface area contributed by atoms with E-state index in [1.165, 1.54) is 10.8 Å². The molecule has 4 rings (SSSR count). The number of carbonyl (C=O) groups excluding carboxylic acids is 1. The fraction of sp³-hybridized carbons (Fsp3) is 0.167. The number of hydrogen-bond donors (Lipinski definition) is 4. The van der Waals surface area contributed by atoms with Gasteiger partial charge in [-0.05, 0) is 49.6 Å². The quantitative estimate of drug-likeness (QED) is 0.319. The highest BCUT2D eigenvalue weighted by atomic mass is 16.5. The average molecular weight is 444 g/mol. The Kier molecular flexibility index (Phi) is 5.95. The Morgan fingerprint density at radius 3 is 2.70 bits per heavy atom. The average Bonchev–Trinajstić information content (AvgIpc) is 3.13. The molecule has 0 bridgehead atoms. The fourth-order valence-corrected chi connectivity index (χ4v) is 3.70. The van der Waals surface area contributed by atoms with Gasteiger partial charge in [-0.15, -0.1) is 0 Å². The number of nitrogens with one attached hydrogen (secondary N) is 4. The zero-order valence-electron chi connectivity index (χ0n) is 18.5. The van der Waals surface area contributed by atoms with Gasteiger partial charge in [-0.2, -0.15) is 0 Å². The van der Waals surface area contributed by atoms with E-state index in [9.17, 15) is 9.59 Å². The number of aryl methyl sites for hydroxylation is 2. The number of anilines is 4. The number of hydrogen-bond acceptors (Lipinski definition) is 7. The Balaban J connectivity index is 1.66. The number of nitrogens with zero attached hydrogens (tertiary/aromatic N) is 2. The molecule has 2 heterocycles. The Morgan fingerprint density at radius 2 is 2.00 bits per heavy atom. The van der Waals surface area contributed by atoms with Crippen LogP contribution in [0.4, 0.5) is 22.7 Å². The predicted molar refractivity (Wildman–Crippen MR) is 130 cm³/mol. The number of benzene rings is 2. The molecule has 0 saturated heterocycles. The van der Waals surface area contributed by atoms with E-state index in [1.54, 1.807) is 33.2 Å². The summed E-state index contributed by atoms with van der Waals surface area (Å²) in [6.07, 6.45) is 2.88. The second-order valence-electron chi connectivity index (χ2n) is 7.59. The molecule has 168 valence electrons. The molecule has 9 nitrogen and oxygen atoms in total. The third kappa shape index (κ3) is 4.33. The van der Waals surface area contributed by atoms with Crippen LogP contribution in [0.3, 0.4) is 0 Å². The van der Waals surface area contributed by atoms with Gasteiger partial charge >= 0.3 is 0 Å². The van der Waals surface area contributed by atoms with Crippen LogP contribution in [-0.2, 0) is 11.3 Å². The fourth-order valence-electron chi connectivity index (χ4n) is 3.70. The van der Waals surface area contributed by atoms with E-state index in [2.05, 4.69) is 21.1 Å². The lowest BCUT2D eigenvalue weighted by Crippen LogP contribution is -2.27. The predicted octanol–water partition coefficient (Wildman–Crippen LogP) is 4.03. The van der Waals surface area contributed by atoms with Crippen LogP contribution in [0.15, 0.2) is 58.0 Å². The van der Waals surface area contributed by atoms with Gasteiger partial charge in [0.2, 0.25) is 5.91 Å². The van der Waals surface area contributed by atoms with Crippen LogP contribution in [0, 0.1) is 19.3 Å². The zero-order valence-corrected chi connectivity index (χ0v) is 18.5. The molecule has 0 saturated carbocycles. The SMILES string of the molecule is CNc1ccc(Nc2cccc3ccn(CC(=O)Nc4c(C)noc4C)c(=O)c23)cc1C=N. The summed E-state index contributed by atoms with van der Waals surface area (Å²) in [5, 5.41) is 21.8. The Morgan fingerprint density at radius 1 is 1.18 bits per heavy atom. The first-order valence-electron chi connectivity index (χ1n) is 10.4. The molecular formula is C24H24N6O3. The van der Waals surface area contributed by atoms with Crippen molar-refractivity contribution >= 4 is 45.6 Å². The number of amides is 1. The highest BCUT2D eigenvalue weighted by Gasteiger charge is 2.15. The van der Waals surface area contributed by atoms with Crippen LogP contribution < -0.4 is 21.5 Å². The first kappa shape index (κ1) is 21.8. The standard InChI is InChI=1S/C24H24N6O3/c1-14-23(15(2)33-29-14)28-21(31)13-30-10-9-16-5-4-6-20(22(16)24(30)32)27-18-7-8-19(26-3)17(11-18)12-25/h4-12,25-27H,13H2,1-3H3,(H,28,31). The maximum absolute atomic E-state index is 13.3. The van der Waals surface area contributed by atoms with Crippen molar-refractivity contribution in [1.82, 2.24) is 9.72 Å². The van der Waals surface area contributed by atoms with Gasteiger partial charge in [0.15, 0.2) is 5.76 Å². The largest absolute Gasteiger partial charge is 0.388 e. The molecule has 4 aromatic rings. The second-order valence-corrected chi connectivity index (χ2v) is 7.59. The van der Waals surface area contributed by atoms with Crippen molar-refractivity contribution < 1.29 is 9.32 Å². The minimum Gasteiger partial charge on any atom is -0.388 e. The Hall–Kier alpha value is -4.40. The molecule has 0 aliphatic carbocycles. The van der Waals surface area contributed by atoms with Crippen molar-refractivity contribution in [2.45, 2.75) is 20.4 Å². The lowest BCUT2D eigenvalue weighted by atomic mass is 10.1. The summed E-state index contributed by atoms with van der Waals surface area (Å²) in [4.78, 5) is 25.9. The van der Waals surface area contributed by atoms with Crippen LogP contribution >= 0.6 is 0 Å². The first-order valence-corrected chi connectivity index (χ1v) is 10.4. The van der Waals surface area contributed by atoms with Crippen LogP contribution in [0.25, 0.3) is 10.8 Å². The third-order valence-corrected chi connectivity index (χ3v) is 5.37. The number of pyridine rings is 1. The minimum absolute atomic E-state index is 0.151. The topological polar surface area (TPSA) is 125 Å². The van der Waals surface area contributed by atoms with Crippen molar-refractivity contribution in [2.75, 3.05) is 23.0 Å². The molecule has 0 unspecified atom stereocenters. The highest BCUT2D eigenvalue weighted by molar-refractivity contribution is 5.96. The highest BCUT2D eigenvalue weighted by Crippen LogP contribution is 2.26. The normalized spacial score (nSPS) is 10.8. The maximum atomic E-state index is 13.3. The third-order valence-electron chi connectivity index (χ3n) is 5.37. The van der Waals surface area contributed by atoms with Crippen LogP contribution in [-0.4, -0.2) is 28.9 Å². The van der Waals surface area contributed by atoms with Crippen LogP contribution in [0.2, 0.25) is 0 Å². The van der Waals surface area contributed by atoms with Crippen molar-refractivity contribution in [2.24, 2.45) is 0 Å². The summed E-state index contributed by atoms with van der Waals surface area (Å²) < 4.78 is 6.44. The van der Waals surface area contributed by atoms with Crippen LogP contribution in [0.1, 0.15) is 17.0 Å². The molecule has 0 spiro atoms. The van der Waals surface area contributed by atoms with Gasteiger partial charge < -0.3 is 30.4 Å². The molecule has 2 aromatic heterocycles. The number of aromatic nitrogens is 2. The molecule has 0 atom stereocenters. The van der Waals surface area contributed by atoms with Crippen LogP contribution in [0.5, 0.6) is 0 Å². The van der Waals surface area contributed by atoms with Gasteiger partial charge in [0.05, 0.1) is 11.1 Å². The Labute approximate surface area is 189 Å². The van der Waals surface area contributed by atoms with Gasteiger partial charge in [-0.3, -0.25) is 9.59 Å². The molecule has 2 aromatic carbocycles. The molecule has 33 heavy (non-hydrogen) atoms. The van der Waals surface area contributed by atoms with Crippen molar-refractivity contribution in [3.63, 3.8) is 0 Å².